The Morgan fingerprint density at radius 2 is 1.86 bits per heavy atom. The Morgan fingerprint density at radius 1 is 1.14 bits per heavy atom. The summed E-state index contributed by atoms with van der Waals surface area (Å²) in [6, 6.07) is 6.61. The molecule has 1 aromatic carbocycles. The zero-order valence-corrected chi connectivity index (χ0v) is 9.72. The highest BCUT2D eigenvalue weighted by Crippen LogP contribution is 2.11. The smallest absolute Gasteiger partial charge is 0.0166 e. The average molecular weight is 188 g/mol. The second-order valence-corrected chi connectivity index (χ2v) is 3.45. The Balaban J connectivity index is 0.000000461. The quantitative estimate of drug-likeness (QED) is 0.587. The normalized spacial score (nSPS) is 14.9. The first kappa shape index (κ1) is 11.0. The molecule has 0 heteroatoms. The maximum Gasteiger partial charge on any atom is -0.0166 e. The third kappa shape index (κ3) is 1.89. The topological polar surface area (TPSA) is 0 Å². The van der Waals surface area contributed by atoms with Crippen molar-refractivity contribution in [3.8, 4) is 0 Å². The van der Waals surface area contributed by atoms with Crippen LogP contribution in [0.4, 0.5) is 0 Å². The summed E-state index contributed by atoms with van der Waals surface area (Å²) in [7, 11) is 0. The first-order valence-corrected chi connectivity index (χ1v) is 5.57. The summed E-state index contributed by atoms with van der Waals surface area (Å²) in [5.74, 6) is 0. The van der Waals surface area contributed by atoms with Crippen LogP contribution >= 0.6 is 0 Å². The summed E-state index contributed by atoms with van der Waals surface area (Å²) in [6.07, 6.45) is 4.69. The van der Waals surface area contributed by atoms with E-state index in [0.717, 1.165) is 0 Å². The van der Waals surface area contributed by atoms with Crippen LogP contribution in [0.25, 0.3) is 11.6 Å². The van der Waals surface area contributed by atoms with Gasteiger partial charge >= 0.3 is 0 Å². The van der Waals surface area contributed by atoms with Crippen molar-refractivity contribution >= 4 is 11.6 Å². The van der Waals surface area contributed by atoms with Crippen LogP contribution in [0.5, 0.6) is 0 Å². The average Bonchev–Trinajstić information content (AvgIpc) is 2.64. The second kappa shape index (κ2) is 4.99. The van der Waals surface area contributed by atoms with Gasteiger partial charge in [0, 0.05) is 0 Å². The lowest BCUT2D eigenvalue weighted by Crippen LogP contribution is -2.26. The van der Waals surface area contributed by atoms with Gasteiger partial charge in [-0.05, 0) is 42.7 Å². The van der Waals surface area contributed by atoms with E-state index >= 15 is 0 Å². The molecule has 0 fully saturated rings. The third-order valence-electron chi connectivity index (χ3n) is 2.69. The Hall–Kier alpha value is -1.04. The van der Waals surface area contributed by atoms with Gasteiger partial charge < -0.3 is 0 Å². The largest absolute Gasteiger partial charge is 0.0798 e. The summed E-state index contributed by atoms with van der Waals surface area (Å²) in [5, 5.41) is 2.92. The molecule has 0 saturated carbocycles. The Bertz CT molecular complexity index is 410. The molecular formula is C14H20. The van der Waals surface area contributed by atoms with Crippen molar-refractivity contribution in [2.24, 2.45) is 0 Å². The molecule has 14 heavy (non-hydrogen) atoms. The van der Waals surface area contributed by atoms with E-state index in [1.54, 1.807) is 5.57 Å². The fraction of sp³-hybridized carbons (Fsp3) is 0.429. The van der Waals surface area contributed by atoms with Gasteiger partial charge in [0.25, 0.3) is 0 Å². The molecule has 0 amide bonds. The van der Waals surface area contributed by atoms with E-state index in [0.29, 0.717) is 0 Å². The molecule has 0 aliphatic heterocycles. The molecule has 0 bridgehead atoms. The fourth-order valence-electron chi connectivity index (χ4n) is 2.04. The van der Waals surface area contributed by atoms with Crippen LogP contribution in [-0.4, -0.2) is 0 Å². The summed E-state index contributed by atoms with van der Waals surface area (Å²) >= 11 is 0. The zero-order valence-electron chi connectivity index (χ0n) is 9.72. The van der Waals surface area contributed by atoms with E-state index in [9.17, 15) is 0 Å². The van der Waals surface area contributed by atoms with Crippen molar-refractivity contribution in [1.29, 1.82) is 0 Å². The molecule has 1 aliphatic carbocycles. The Morgan fingerprint density at radius 3 is 2.50 bits per heavy atom. The van der Waals surface area contributed by atoms with Crippen molar-refractivity contribution < 1.29 is 0 Å². The first-order chi connectivity index (χ1) is 6.83. The predicted octanol–water partition coefficient (Wildman–Crippen LogP) is 2.63. The van der Waals surface area contributed by atoms with E-state index in [1.165, 1.54) is 28.8 Å². The number of hydrogen-bond donors (Lipinski definition) is 0. The van der Waals surface area contributed by atoms with Crippen LogP contribution in [0, 0.1) is 0 Å². The van der Waals surface area contributed by atoms with Gasteiger partial charge in [-0.2, -0.15) is 0 Å². The maximum atomic E-state index is 2.25. The minimum absolute atomic E-state index is 1.24. The molecule has 0 spiro atoms. The number of hydrogen-bond acceptors (Lipinski definition) is 0. The molecule has 0 nitrogen and oxygen atoms in total. The number of fused-ring (bicyclic) bond motifs is 1. The van der Waals surface area contributed by atoms with Crippen molar-refractivity contribution in [3.63, 3.8) is 0 Å². The molecule has 0 heterocycles. The van der Waals surface area contributed by atoms with Gasteiger partial charge in [-0.3, -0.25) is 0 Å². The summed E-state index contributed by atoms with van der Waals surface area (Å²) in [4.78, 5) is 0. The highest BCUT2D eigenvalue weighted by atomic mass is 14.1. The van der Waals surface area contributed by atoms with Crippen LogP contribution in [-0.2, 0) is 6.42 Å². The van der Waals surface area contributed by atoms with Crippen molar-refractivity contribution in [2.45, 2.75) is 40.5 Å². The van der Waals surface area contributed by atoms with Crippen molar-refractivity contribution in [1.82, 2.24) is 0 Å². The number of benzene rings is 1. The third-order valence-corrected chi connectivity index (χ3v) is 2.69. The molecule has 76 valence electrons. The number of rotatable bonds is 0. The van der Waals surface area contributed by atoms with E-state index in [1.807, 2.05) is 13.8 Å². The van der Waals surface area contributed by atoms with E-state index in [2.05, 4.69) is 38.1 Å². The van der Waals surface area contributed by atoms with Crippen LogP contribution < -0.4 is 10.4 Å². The van der Waals surface area contributed by atoms with Crippen LogP contribution in [0.15, 0.2) is 18.2 Å². The van der Waals surface area contributed by atoms with Gasteiger partial charge in [0.15, 0.2) is 0 Å². The number of aryl methyl sites for hydroxylation is 1. The summed E-state index contributed by atoms with van der Waals surface area (Å²) in [5.41, 5.74) is 3.08. The lowest BCUT2D eigenvalue weighted by atomic mass is 10.1. The standard InChI is InChI=1S/C12H14.C2H6/c1-3-10-5-4-6-11-8-7-9(2)12(10)11;1-2/h3-6H,7-8H2,1-2H3;1-2H3/b10-3-;. The van der Waals surface area contributed by atoms with Crippen molar-refractivity contribution in [2.75, 3.05) is 0 Å². The molecule has 0 saturated heterocycles. The van der Waals surface area contributed by atoms with E-state index in [4.69, 9.17) is 0 Å². The van der Waals surface area contributed by atoms with Crippen molar-refractivity contribution in [3.05, 3.63) is 34.2 Å². The van der Waals surface area contributed by atoms with E-state index in [-0.39, 0.29) is 0 Å². The lowest BCUT2D eigenvalue weighted by molar-refractivity contribution is 1.05. The predicted molar refractivity (Wildman–Crippen MR) is 64.6 cm³/mol. The van der Waals surface area contributed by atoms with Gasteiger partial charge in [0.05, 0.1) is 0 Å². The molecule has 0 aromatic heterocycles. The van der Waals surface area contributed by atoms with Crippen LogP contribution in [0.2, 0.25) is 0 Å². The first-order valence-electron chi connectivity index (χ1n) is 5.57. The van der Waals surface area contributed by atoms with Crippen LogP contribution in [0.3, 0.4) is 0 Å². The molecule has 1 aliphatic rings. The van der Waals surface area contributed by atoms with Crippen LogP contribution in [0.1, 0.15) is 39.7 Å². The minimum atomic E-state index is 1.24. The highest BCUT2D eigenvalue weighted by molar-refractivity contribution is 5.51. The lowest BCUT2D eigenvalue weighted by Gasteiger charge is -1.93. The highest BCUT2D eigenvalue weighted by Gasteiger charge is 2.07. The molecule has 0 unspecified atom stereocenters. The van der Waals surface area contributed by atoms with Gasteiger partial charge in [0.2, 0.25) is 0 Å². The molecule has 0 N–H and O–H groups in total. The second-order valence-electron chi connectivity index (χ2n) is 3.45. The Labute approximate surface area is 87.0 Å². The molecule has 1 aromatic rings. The maximum absolute atomic E-state index is 2.25. The molecule has 0 radical (unpaired) electrons. The molecular weight excluding hydrogens is 168 g/mol. The van der Waals surface area contributed by atoms with Gasteiger partial charge in [-0.1, -0.05) is 43.7 Å². The SMILES string of the molecule is C/C=c1/cccc2c1=C(C)CC2.CC. The van der Waals surface area contributed by atoms with Gasteiger partial charge in [-0.25, -0.2) is 0 Å². The van der Waals surface area contributed by atoms with E-state index < -0.39 is 0 Å². The monoisotopic (exact) mass is 188 g/mol. The zero-order chi connectivity index (χ0) is 10.6. The minimum Gasteiger partial charge on any atom is -0.0798 e. The van der Waals surface area contributed by atoms with Gasteiger partial charge in [0.1, 0.15) is 0 Å². The fourth-order valence-corrected chi connectivity index (χ4v) is 2.04. The Kier molecular flexibility index (Phi) is 3.94. The summed E-state index contributed by atoms with van der Waals surface area (Å²) < 4.78 is 0. The summed E-state index contributed by atoms with van der Waals surface area (Å²) in [6.45, 7) is 8.36. The molecule has 2 rings (SSSR count). The van der Waals surface area contributed by atoms with Gasteiger partial charge in [-0.15, -0.1) is 0 Å². The molecule has 0 atom stereocenters.